The molecule has 1 amide bonds. The van der Waals surface area contributed by atoms with Crippen molar-refractivity contribution in [2.24, 2.45) is 0 Å². The molecule has 25 heavy (non-hydrogen) atoms. The van der Waals surface area contributed by atoms with Crippen molar-refractivity contribution in [2.75, 3.05) is 5.32 Å². The zero-order chi connectivity index (χ0) is 18.4. The molecule has 2 N–H and O–H groups in total. The summed E-state index contributed by atoms with van der Waals surface area (Å²) in [4.78, 5) is 23.3. The maximum Gasteiger partial charge on any atom is 0.421 e. The van der Waals surface area contributed by atoms with Gasteiger partial charge in [-0.2, -0.15) is 18.2 Å². The van der Waals surface area contributed by atoms with Crippen LogP contribution in [0.4, 0.5) is 19.0 Å². The molecule has 0 aliphatic carbocycles. The van der Waals surface area contributed by atoms with Crippen molar-refractivity contribution in [2.45, 2.75) is 26.1 Å². The number of aliphatic carboxylic acids is 1. The van der Waals surface area contributed by atoms with Crippen LogP contribution in [0.15, 0.2) is 6.07 Å². The molecule has 1 heterocycles. The van der Waals surface area contributed by atoms with Crippen LogP contribution in [0.2, 0.25) is 5.02 Å². The van der Waals surface area contributed by atoms with Gasteiger partial charge in [0.1, 0.15) is 5.56 Å². The van der Waals surface area contributed by atoms with Gasteiger partial charge in [0.15, 0.2) is 11.8 Å². The quantitative estimate of drug-likeness (QED) is 0.502. The molecule has 1 rings (SSSR count). The Hall–Kier alpha value is -0.524. The number of carboxylic acid groups (broad SMARTS) is 1. The maximum absolute atomic E-state index is 12.8. The Morgan fingerprint density at radius 3 is 2.12 bits per heavy atom. The van der Waals surface area contributed by atoms with Gasteiger partial charge in [0.25, 0.3) is 0 Å². The van der Waals surface area contributed by atoms with Crippen LogP contribution in [0.5, 0.6) is 5.88 Å². The molecule has 0 aliphatic heterocycles. The predicted molar refractivity (Wildman–Crippen MR) is 77.0 cm³/mol. The van der Waals surface area contributed by atoms with E-state index in [-0.39, 0.29) is 64.0 Å². The number of nitrogens with zero attached hydrogens (tertiary/aromatic N) is 1. The van der Waals surface area contributed by atoms with Gasteiger partial charge in [0.05, 0.1) is 17.0 Å². The first-order valence-electron chi connectivity index (χ1n) is 5.96. The van der Waals surface area contributed by atoms with Gasteiger partial charge < -0.3 is 26.9 Å². The SMILES string of the molecule is [CH2-]C(=O)Nc1nc(OC(C)C)c(C(F)(F)F)cc1Cl.[CH2-]C(=O)O.[Re].[Y]. The first-order valence-corrected chi connectivity index (χ1v) is 6.34. The van der Waals surface area contributed by atoms with E-state index < -0.39 is 35.6 Å². The van der Waals surface area contributed by atoms with Gasteiger partial charge >= 0.3 is 6.18 Å². The molecule has 0 aliphatic rings. The number of anilines is 1. The van der Waals surface area contributed by atoms with Crippen molar-refractivity contribution in [3.63, 3.8) is 0 Å². The van der Waals surface area contributed by atoms with Crippen LogP contribution in [-0.4, -0.2) is 28.1 Å². The van der Waals surface area contributed by atoms with Crippen LogP contribution in [-0.2, 0) is 68.9 Å². The molecule has 0 spiro atoms. The van der Waals surface area contributed by atoms with Crippen LogP contribution in [0, 0.1) is 13.8 Å². The summed E-state index contributed by atoms with van der Waals surface area (Å²) in [5.41, 5.74) is -1.10. The predicted octanol–water partition coefficient (Wildman–Crippen LogP) is 3.21. The fourth-order valence-corrected chi connectivity index (χ4v) is 1.41. The van der Waals surface area contributed by atoms with E-state index >= 15 is 0 Å². The minimum atomic E-state index is -4.66. The molecular weight excluding hydrogens is 616 g/mol. The molecule has 140 valence electrons. The van der Waals surface area contributed by atoms with E-state index in [0.29, 0.717) is 6.07 Å². The minimum Gasteiger partial charge on any atom is -0.503 e. The average Bonchev–Trinajstić information content (AvgIpc) is 2.29. The molecule has 2 radical (unpaired) electrons. The number of halogens is 4. The Morgan fingerprint density at radius 1 is 1.36 bits per heavy atom. The number of carbonyl (C=O) groups excluding carboxylic acids is 1. The smallest absolute Gasteiger partial charge is 0.421 e. The summed E-state index contributed by atoms with van der Waals surface area (Å²) in [6.45, 7) is 8.68. The van der Waals surface area contributed by atoms with Gasteiger partial charge in [0, 0.05) is 53.1 Å². The zero-order valence-corrected chi connectivity index (χ0v) is 19.5. The Kier molecular flexibility index (Phi) is 14.9. The fraction of sp³-hybridized carbons (Fsp3) is 0.308. The van der Waals surface area contributed by atoms with Crippen LogP contribution in [0.1, 0.15) is 19.4 Å². The average molecular weight is 630 g/mol. The summed E-state index contributed by atoms with van der Waals surface area (Å²) >= 11 is 5.63. The van der Waals surface area contributed by atoms with Crippen molar-refractivity contribution in [3.8, 4) is 5.88 Å². The second kappa shape index (κ2) is 12.8. The van der Waals surface area contributed by atoms with Gasteiger partial charge in [0.2, 0.25) is 5.88 Å². The molecule has 12 heteroatoms. The second-order valence-corrected chi connectivity index (χ2v) is 4.68. The number of alkyl halides is 3. The summed E-state index contributed by atoms with van der Waals surface area (Å²) in [5, 5.41) is 9.08. The number of hydrogen-bond donors (Lipinski definition) is 2. The first-order chi connectivity index (χ1) is 10.3. The number of hydrogen-bond acceptors (Lipinski definition) is 4. The van der Waals surface area contributed by atoms with Crippen molar-refractivity contribution in [3.05, 3.63) is 30.5 Å². The van der Waals surface area contributed by atoms with E-state index in [2.05, 4.69) is 24.1 Å². The summed E-state index contributed by atoms with van der Waals surface area (Å²) < 4.78 is 43.4. The van der Waals surface area contributed by atoms with E-state index in [1.807, 2.05) is 0 Å². The Morgan fingerprint density at radius 2 is 1.80 bits per heavy atom. The zero-order valence-electron chi connectivity index (χ0n) is 13.2. The molecule has 6 nitrogen and oxygen atoms in total. The van der Waals surface area contributed by atoms with Gasteiger partial charge in [-0.15, -0.1) is 0 Å². The molecule has 0 bridgehead atoms. The number of carbonyl (C=O) groups is 2. The Bertz CT molecular complexity index is 585. The van der Waals surface area contributed by atoms with Crippen LogP contribution < -0.4 is 10.1 Å². The number of carboxylic acids is 1. The summed E-state index contributed by atoms with van der Waals surface area (Å²) in [5.74, 6) is -2.70. The Labute approximate surface area is 186 Å². The van der Waals surface area contributed by atoms with Crippen molar-refractivity contribution in [1.29, 1.82) is 0 Å². The maximum atomic E-state index is 12.8. The van der Waals surface area contributed by atoms with Gasteiger partial charge in [-0.05, 0) is 19.9 Å². The molecule has 0 saturated heterocycles. The molecule has 0 saturated carbocycles. The van der Waals surface area contributed by atoms with Crippen LogP contribution in [0.25, 0.3) is 0 Å². The van der Waals surface area contributed by atoms with Crippen molar-refractivity contribution in [1.82, 2.24) is 4.98 Å². The van der Waals surface area contributed by atoms with E-state index in [4.69, 9.17) is 26.2 Å². The monoisotopic (exact) mass is 630 g/mol. The number of nitrogens with one attached hydrogen (secondary N) is 1. The third-order valence-electron chi connectivity index (χ3n) is 1.85. The first kappa shape index (κ1) is 29.2. The summed E-state index contributed by atoms with van der Waals surface area (Å²) in [7, 11) is 0. The molecule has 1 aromatic rings. The summed E-state index contributed by atoms with van der Waals surface area (Å²) in [6, 6.07) is 0.650. The minimum absolute atomic E-state index is 0. The number of rotatable bonds is 3. The third-order valence-corrected chi connectivity index (χ3v) is 2.14. The third kappa shape index (κ3) is 12.5. The molecule has 0 aromatic carbocycles. The topological polar surface area (TPSA) is 88.5 Å². The van der Waals surface area contributed by atoms with E-state index in [0.717, 1.165) is 0 Å². The normalized spacial score (nSPS) is 9.72. The summed E-state index contributed by atoms with van der Waals surface area (Å²) in [6.07, 6.45) is -5.17. The van der Waals surface area contributed by atoms with Crippen molar-refractivity contribution >= 4 is 29.3 Å². The van der Waals surface area contributed by atoms with E-state index in [1.54, 1.807) is 13.8 Å². The largest absolute Gasteiger partial charge is 0.503 e. The number of aromatic nitrogens is 1. The second-order valence-electron chi connectivity index (χ2n) is 4.28. The molecule has 0 unspecified atom stereocenters. The number of amides is 1. The van der Waals surface area contributed by atoms with E-state index in [1.165, 1.54) is 0 Å². The number of pyridine rings is 1. The standard InChI is InChI=1S/C11H11ClF3N2O2.C2H3O2.Re.Y/c1-5(2)19-10-7(11(13,14)15)4-8(12)9(17-10)16-6(3)18;1-2(3)4;;/h4-5H,3H2,1-2H3,(H,16,17,18);1H2,(H,3,4);;/q2*-1;;. The molecule has 0 fully saturated rings. The molecular formula is C13H14ClF3N2O4ReY-2. The van der Waals surface area contributed by atoms with Crippen LogP contribution in [0.3, 0.4) is 0 Å². The van der Waals surface area contributed by atoms with Crippen molar-refractivity contribution < 1.29 is 85.7 Å². The Balaban J connectivity index is -0.000000728. The fourth-order valence-electron chi connectivity index (χ4n) is 1.21. The molecule has 1 aromatic heterocycles. The van der Waals surface area contributed by atoms with Gasteiger partial charge in [-0.25, -0.2) is 0 Å². The van der Waals surface area contributed by atoms with Crippen LogP contribution >= 0.6 is 11.6 Å². The van der Waals surface area contributed by atoms with E-state index in [9.17, 15) is 18.0 Å². The molecule has 0 atom stereocenters. The number of ether oxygens (including phenoxy) is 1. The van der Waals surface area contributed by atoms with Gasteiger partial charge in [-0.3, -0.25) is 11.7 Å². The van der Waals surface area contributed by atoms with Gasteiger partial charge in [-0.1, -0.05) is 11.6 Å².